The molecule has 0 aliphatic heterocycles. The number of benzene rings is 1. The number of rotatable bonds is 10. The molecular weight excluding hydrogens is 503 g/mol. The normalized spacial score (nSPS) is 15.4. The van der Waals surface area contributed by atoms with Crippen LogP contribution in [0, 0.1) is 0 Å². The van der Waals surface area contributed by atoms with Crippen molar-refractivity contribution in [1.29, 1.82) is 0 Å². The number of ether oxygens (including phenoxy) is 1. The van der Waals surface area contributed by atoms with Gasteiger partial charge in [-0.3, -0.25) is 4.72 Å². The maximum Gasteiger partial charge on any atom is 0.229 e. The van der Waals surface area contributed by atoms with Gasteiger partial charge in [0.1, 0.15) is 0 Å². The molecule has 0 unspecified atom stereocenters. The van der Waals surface area contributed by atoms with Crippen LogP contribution in [0.1, 0.15) is 51.0 Å². The number of para-hydroxylation sites is 1. The fraction of sp³-hybridized carbons (Fsp3) is 0.650. The van der Waals surface area contributed by atoms with E-state index in [2.05, 4.69) is 20.3 Å². The van der Waals surface area contributed by atoms with Gasteiger partial charge in [0.25, 0.3) is 0 Å². The molecule has 0 saturated heterocycles. The van der Waals surface area contributed by atoms with Crippen LogP contribution in [-0.2, 0) is 21.3 Å². The van der Waals surface area contributed by atoms with E-state index in [1.54, 1.807) is 12.1 Å². The van der Waals surface area contributed by atoms with Gasteiger partial charge in [-0.1, -0.05) is 37.5 Å². The summed E-state index contributed by atoms with van der Waals surface area (Å²) in [6.07, 6.45) is 8.81. The van der Waals surface area contributed by atoms with Gasteiger partial charge in [-0.15, -0.1) is 24.0 Å². The quantitative estimate of drug-likeness (QED) is 0.184. The lowest BCUT2D eigenvalue weighted by Crippen LogP contribution is -2.38. The van der Waals surface area contributed by atoms with Crippen molar-refractivity contribution in [2.45, 2.75) is 58.1 Å². The SMILES string of the molecule is CCNC(=NCc1ccccc1NS(C)(=O)=O)NCCCOC1CCCCC1.I. The van der Waals surface area contributed by atoms with Crippen molar-refractivity contribution in [3.63, 3.8) is 0 Å². The Morgan fingerprint density at radius 1 is 1.17 bits per heavy atom. The molecule has 1 aromatic carbocycles. The Bertz CT molecular complexity index is 722. The van der Waals surface area contributed by atoms with E-state index in [-0.39, 0.29) is 24.0 Å². The van der Waals surface area contributed by atoms with Crippen LogP contribution in [0.5, 0.6) is 0 Å². The molecule has 7 nitrogen and oxygen atoms in total. The van der Waals surface area contributed by atoms with Gasteiger partial charge in [-0.25, -0.2) is 13.4 Å². The molecule has 166 valence electrons. The molecule has 0 atom stereocenters. The fourth-order valence-electron chi connectivity index (χ4n) is 3.22. The van der Waals surface area contributed by atoms with Crippen molar-refractivity contribution in [3.05, 3.63) is 29.8 Å². The predicted molar refractivity (Wildman–Crippen MR) is 131 cm³/mol. The Morgan fingerprint density at radius 2 is 1.90 bits per heavy atom. The summed E-state index contributed by atoms with van der Waals surface area (Å²) >= 11 is 0. The first-order valence-corrected chi connectivity index (χ1v) is 12.1. The molecule has 1 saturated carbocycles. The molecule has 0 spiro atoms. The maximum atomic E-state index is 11.5. The molecule has 1 aliphatic carbocycles. The minimum atomic E-state index is -3.32. The third kappa shape index (κ3) is 11.0. The summed E-state index contributed by atoms with van der Waals surface area (Å²) in [7, 11) is -3.32. The van der Waals surface area contributed by atoms with Gasteiger partial charge in [-0.05, 0) is 37.8 Å². The Labute approximate surface area is 192 Å². The van der Waals surface area contributed by atoms with Crippen LogP contribution in [0.2, 0.25) is 0 Å². The average molecular weight is 538 g/mol. The van der Waals surface area contributed by atoms with Gasteiger partial charge in [0.2, 0.25) is 10.0 Å². The molecule has 2 rings (SSSR count). The smallest absolute Gasteiger partial charge is 0.229 e. The number of aliphatic imine (C=N–C) groups is 1. The molecule has 9 heteroatoms. The molecule has 1 fully saturated rings. The van der Waals surface area contributed by atoms with E-state index in [0.717, 1.165) is 37.9 Å². The second-order valence-electron chi connectivity index (χ2n) is 7.14. The monoisotopic (exact) mass is 538 g/mol. The summed E-state index contributed by atoms with van der Waals surface area (Å²) in [5, 5.41) is 6.54. The lowest BCUT2D eigenvalue weighted by atomic mass is 9.98. The second-order valence-corrected chi connectivity index (χ2v) is 8.89. The number of nitrogens with zero attached hydrogens (tertiary/aromatic N) is 1. The summed E-state index contributed by atoms with van der Waals surface area (Å²) in [5.41, 5.74) is 1.39. The topological polar surface area (TPSA) is 91.8 Å². The van der Waals surface area contributed by atoms with E-state index in [9.17, 15) is 8.42 Å². The Morgan fingerprint density at radius 3 is 2.59 bits per heavy atom. The van der Waals surface area contributed by atoms with Crippen LogP contribution < -0.4 is 15.4 Å². The van der Waals surface area contributed by atoms with Crippen LogP contribution in [0.3, 0.4) is 0 Å². The van der Waals surface area contributed by atoms with Crippen molar-refractivity contribution in [3.8, 4) is 0 Å². The Balaban J connectivity index is 0.00000420. The van der Waals surface area contributed by atoms with Crippen LogP contribution >= 0.6 is 24.0 Å². The minimum Gasteiger partial charge on any atom is -0.378 e. The molecular formula is C20H35IN4O3S. The van der Waals surface area contributed by atoms with E-state index in [1.165, 1.54) is 32.1 Å². The number of nitrogens with one attached hydrogen (secondary N) is 3. The summed E-state index contributed by atoms with van der Waals surface area (Å²) in [4.78, 5) is 4.58. The number of hydrogen-bond donors (Lipinski definition) is 3. The van der Waals surface area contributed by atoms with Crippen molar-refractivity contribution >= 4 is 45.6 Å². The number of sulfonamides is 1. The van der Waals surface area contributed by atoms with Crippen LogP contribution in [-0.4, -0.2) is 46.4 Å². The molecule has 0 heterocycles. The maximum absolute atomic E-state index is 11.5. The van der Waals surface area contributed by atoms with Crippen molar-refractivity contribution < 1.29 is 13.2 Å². The lowest BCUT2D eigenvalue weighted by Gasteiger charge is -2.22. The van der Waals surface area contributed by atoms with E-state index in [1.807, 2.05) is 19.1 Å². The highest BCUT2D eigenvalue weighted by atomic mass is 127. The van der Waals surface area contributed by atoms with Gasteiger partial charge in [-0.2, -0.15) is 0 Å². The van der Waals surface area contributed by atoms with Crippen molar-refractivity contribution in [2.24, 2.45) is 4.99 Å². The molecule has 1 aromatic rings. The highest BCUT2D eigenvalue weighted by Crippen LogP contribution is 2.20. The first kappa shape index (κ1) is 26.0. The molecule has 3 N–H and O–H groups in total. The molecule has 0 radical (unpaired) electrons. The zero-order chi connectivity index (χ0) is 20.2. The number of hydrogen-bond acceptors (Lipinski definition) is 4. The zero-order valence-electron chi connectivity index (χ0n) is 17.4. The van der Waals surface area contributed by atoms with Crippen molar-refractivity contribution in [1.82, 2.24) is 10.6 Å². The highest BCUT2D eigenvalue weighted by Gasteiger charge is 2.13. The third-order valence-corrected chi connectivity index (χ3v) is 5.17. The molecule has 0 amide bonds. The van der Waals surface area contributed by atoms with E-state index >= 15 is 0 Å². The van der Waals surface area contributed by atoms with Gasteiger partial charge >= 0.3 is 0 Å². The fourth-order valence-corrected chi connectivity index (χ4v) is 3.82. The summed E-state index contributed by atoms with van der Waals surface area (Å²) in [6, 6.07) is 7.30. The summed E-state index contributed by atoms with van der Waals surface area (Å²) in [6.45, 7) is 4.70. The van der Waals surface area contributed by atoms with Crippen LogP contribution in [0.15, 0.2) is 29.3 Å². The number of anilines is 1. The van der Waals surface area contributed by atoms with Crippen molar-refractivity contribution in [2.75, 3.05) is 30.7 Å². The second kappa shape index (κ2) is 14.0. The van der Waals surface area contributed by atoms with Crippen LogP contribution in [0.25, 0.3) is 0 Å². The molecule has 1 aliphatic rings. The van der Waals surface area contributed by atoms with E-state index < -0.39 is 10.0 Å². The molecule has 0 bridgehead atoms. The Hall–Kier alpha value is -1.07. The summed E-state index contributed by atoms with van der Waals surface area (Å²) < 4.78 is 31.5. The largest absolute Gasteiger partial charge is 0.378 e. The van der Waals surface area contributed by atoms with E-state index in [0.29, 0.717) is 24.3 Å². The zero-order valence-corrected chi connectivity index (χ0v) is 20.6. The predicted octanol–water partition coefficient (Wildman–Crippen LogP) is 3.47. The molecule has 0 aromatic heterocycles. The first-order chi connectivity index (χ1) is 13.5. The van der Waals surface area contributed by atoms with Gasteiger partial charge in [0.15, 0.2) is 5.96 Å². The third-order valence-electron chi connectivity index (χ3n) is 4.58. The number of guanidine groups is 1. The standard InChI is InChI=1S/C20H34N4O3S.HI/c1-3-21-20(22-14-9-15-27-18-11-5-4-6-12-18)23-16-17-10-7-8-13-19(17)24-28(2,25)26;/h7-8,10,13,18,24H,3-6,9,11-12,14-16H2,1-2H3,(H2,21,22,23);1H. The first-order valence-electron chi connectivity index (χ1n) is 10.2. The number of halogens is 1. The van der Waals surface area contributed by atoms with Gasteiger partial charge < -0.3 is 15.4 Å². The van der Waals surface area contributed by atoms with Crippen LogP contribution in [0.4, 0.5) is 5.69 Å². The molecule has 29 heavy (non-hydrogen) atoms. The van der Waals surface area contributed by atoms with E-state index in [4.69, 9.17) is 4.74 Å². The average Bonchev–Trinajstić information content (AvgIpc) is 2.66. The van der Waals surface area contributed by atoms with Gasteiger partial charge in [0, 0.05) is 19.7 Å². The lowest BCUT2D eigenvalue weighted by molar-refractivity contribution is 0.0277. The minimum absolute atomic E-state index is 0. The van der Waals surface area contributed by atoms with Gasteiger partial charge in [0.05, 0.1) is 24.6 Å². The summed E-state index contributed by atoms with van der Waals surface area (Å²) in [5.74, 6) is 0.717. The highest BCUT2D eigenvalue weighted by molar-refractivity contribution is 14.0. The Kier molecular flexibility index (Phi) is 12.6.